The molecule has 0 amide bonds. The van der Waals surface area contributed by atoms with Gasteiger partial charge in [-0.15, -0.1) is 0 Å². The van der Waals surface area contributed by atoms with Crippen molar-refractivity contribution < 1.29 is 9.90 Å². The molecule has 0 fully saturated rings. The lowest BCUT2D eigenvalue weighted by Crippen LogP contribution is -2.34. The number of hydrogen-bond donors (Lipinski definition) is 1. The maximum atomic E-state index is 11.3. The fraction of sp³-hybridized carbons (Fsp3) is 0.464. The summed E-state index contributed by atoms with van der Waals surface area (Å²) in [6, 6.07) is 12.7. The Hall–Kier alpha value is -2.35. The monoisotopic (exact) mass is 404 g/mol. The van der Waals surface area contributed by atoms with Gasteiger partial charge in [-0.05, 0) is 70.9 Å². The molecule has 0 spiro atoms. The fourth-order valence-electron chi connectivity index (χ4n) is 4.78. The Morgan fingerprint density at radius 1 is 1.03 bits per heavy atom. The van der Waals surface area contributed by atoms with E-state index in [0.717, 1.165) is 24.0 Å². The van der Waals surface area contributed by atoms with E-state index < -0.39 is 5.97 Å². The third kappa shape index (κ3) is 4.53. The molecule has 0 aliphatic heterocycles. The Bertz CT molecular complexity index is 963. The Balaban J connectivity index is 1.95. The lowest BCUT2D eigenvalue weighted by atomic mass is 9.62. The first-order valence-corrected chi connectivity index (χ1v) is 11.2. The van der Waals surface area contributed by atoms with Crippen molar-refractivity contribution in [3.8, 4) is 0 Å². The molecule has 0 bridgehead atoms. The fourth-order valence-corrected chi connectivity index (χ4v) is 4.78. The summed E-state index contributed by atoms with van der Waals surface area (Å²) < 4.78 is 0. The first-order valence-electron chi connectivity index (χ1n) is 11.2. The number of hydrogen-bond acceptors (Lipinski definition) is 1. The van der Waals surface area contributed by atoms with Crippen molar-refractivity contribution in [1.29, 1.82) is 0 Å². The molecule has 2 heteroatoms. The molecule has 0 saturated carbocycles. The topological polar surface area (TPSA) is 37.3 Å². The van der Waals surface area contributed by atoms with Gasteiger partial charge in [0.15, 0.2) is 0 Å². The minimum absolute atomic E-state index is 0.213. The number of carboxylic acid groups (broad SMARTS) is 1. The van der Waals surface area contributed by atoms with E-state index in [2.05, 4.69) is 65.0 Å². The Morgan fingerprint density at radius 2 is 1.70 bits per heavy atom. The van der Waals surface area contributed by atoms with Crippen LogP contribution < -0.4 is 0 Å². The summed E-state index contributed by atoms with van der Waals surface area (Å²) in [6.45, 7) is 13.6. The smallest absolute Gasteiger partial charge is 0.335 e. The van der Waals surface area contributed by atoms with Gasteiger partial charge in [-0.1, -0.05) is 83.5 Å². The number of rotatable bonds is 6. The number of allylic oxidation sites excluding steroid dienone is 1. The SMILES string of the molecule is CCCC(/C=C/c1ccc(C(=O)O)c(C)c1)c1ccc2c(c1)C(C)(C)CCC2(C)C. The molecule has 0 aromatic heterocycles. The molecular weight excluding hydrogens is 368 g/mol. The third-order valence-electron chi connectivity index (χ3n) is 6.91. The van der Waals surface area contributed by atoms with Gasteiger partial charge in [0.05, 0.1) is 5.56 Å². The Labute approximate surface area is 182 Å². The molecule has 1 atom stereocenters. The van der Waals surface area contributed by atoms with Crippen molar-refractivity contribution >= 4 is 12.0 Å². The summed E-state index contributed by atoms with van der Waals surface area (Å²) in [5.41, 5.74) is 7.07. The normalized spacial score (nSPS) is 18.2. The zero-order valence-corrected chi connectivity index (χ0v) is 19.4. The number of benzene rings is 2. The molecule has 1 unspecified atom stereocenters. The van der Waals surface area contributed by atoms with Crippen LogP contribution in [0.15, 0.2) is 42.5 Å². The third-order valence-corrected chi connectivity index (χ3v) is 6.91. The molecule has 3 rings (SSSR count). The lowest BCUT2D eigenvalue weighted by molar-refractivity contribution is 0.0696. The van der Waals surface area contributed by atoms with Crippen LogP contribution in [0.2, 0.25) is 0 Å². The van der Waals surface area contributed by atoms with E-state index in [4.69, 9.17) is 0 Å². The molecule has 2 aromatic rings. The van der Waals surface area contributed by atoms with Crippen molar-refractivity contribution in [2.75, 3.05) is 0 Å². The summed E-state index contributed by atoms with van der Waals surface area (Å²) >= 11 is 0. The van der Waals surface area contributed by atoms with Gasteiger partial charge in [-0.3, -0.25) is 0 Å². The number of carboxylic acids is 1. The molecule has 0 heterocycles. The minimum atomic E-state index is -0.869. The summed E-state index contributed by atoms with van der Waals surface area (Å²) in [5, 5.41) is 9.25. The summed E-state index contributed by atoms with van der Waals surface area (Å²) in [5.74, 6) is -0.507. The van der Waals surface area contributed by atoms with E-state index in [0.29, 0.717) is 11.5 Å². The largest absolute Gasteiger partial charge is 0.478 e. The zero-order chi connectivity index (χ0) is 22.1. The van der Waals surface area contributed by atoms with E-state index in [1.165, 1.54) is 29.5 Å². The van der Waals surface area contributed by atoms with E-state index in [-0.39, 0.29) is 10.8 Å². The van der Waals surface area contributed by atoms with Crippen LogP contribution in [0.4, 0.5) is 0 Å². The highest BCUT2D eigenvalue weighted by molar-refractivity contribution is 5.89. The van der Waals surface area contributed by atoms with Gasteiger partial charge >= 0.3 is 5.97 Å². The molecule has 0 radical (unpaired) electrons. The average molecular weight is 405 g/mol. The molecule has 2 aromatic carbocycles. The summed E-state index contributed by atoms with van der Waals surface area (Å²) in [6.07, 6.45) is 9.12. The second-order valence-electron chi connectivity index (χ2n) is 10.2. The average Bonchev–Trinajstić information content (AvgIpc) is 2.68. The molecule has 2 nitrogen and oxygen atoms in total. The molecular formula is C28H36O2. The van der Waals surface area contributed by atoms with Gasteiger partial charge in [-0.2, -0.15) is 0 Å². The van der Waals surface area contributed by atoms with Crippen LogP contribution in [-0.2, 0) is 10.8 Å². The van der Waals surface area contributed by atoms with Gasteiger partial charge in [0.2, 0.25) is 0 Å². The Kier molecular flexibility index (Phi) is 6.26. The molecule has 0 saturated heterocycles. The highest BCUT2D eigenvalue weighted by Crippen LogP contribution is 2.46. The quantitative estimate of drug-likeness (QED) is 0.537. The van der Waals surface area contributed by atoms with Crippen molar-refractivity contribution in [1.82, 2.24) is 0 Å². The minimum Gasteiger partial charge on any atom is -0.478 e. The van der Waals surface area contributed by atoms with Gasteiger partial charge in [-0.25, -0.2) is 4.79 Å². The molecule has 160 valence electrons. The Morgan fingerprint density at radius 3 is 2.30 bits per heavy atom. The van der Waals surface area contributed by atoms with Crippen LogP contribution in [0.1, 0.15) is 104 Å². The van der Waals surface area contributed by atoms with Gasteiger partial charge in [0.1, 0.15) is 0 Å². The second-order valence-corrected chi connectivity index (χ2v) is 10.2. The van der Waals surface area contributed by atoms with Crippen molar-refractivity contribution in [2.24, 2.45) is 0 Å². The van der Waals surface area contributed by atoms with E-state index >= 15 is 0 Å². The van der Waals surface area contributed by atoms with Crippen LogP contribution in [-0.4, -0.2) is 11.1 Å². The van der Waals surface area contributed by atoms with Crippen molar-refractivity contribution in [3.63, 3.8) is 0 Å². The molecule has 1 N–H and O–H groups in total. The van der Waals surface area contributed by atoms with Gasteiger partial charge < -0.3 is 5.11 Å². The van der Waals surface area contributed by atoms with Crippen molar-refractivity contribution in [3.05, 3.63) is 75.9 Å². The standard InChI is InChI=1S/C28H36O2/c1-7-8-21(11-9-20-10-13-23(26(29)30)19(2)17-20)22-12-14-24-25(18-22)28(5,6)16-15-27(24,3)4/h9-14,17-18,21H,7-8,15-16H2,1-6H3,(H,29,30)/b11-9+. The number of carbonyl (C=O) groups is 1. The number of fused-ring (bicyclic) bond motifs is 1. The van der Waals surface area contributed by atoms with Crippen LogP contribution in [0.3, 0.4) is 0 Å². The van der Waals surface area contributed by atoms with Crippen LogP contribution in [0, 0.1) is 6.92 Å². The van der Waals surface area contributed by atoms with Gasteiger partial charge in [0.25, 0.3) is 0 Å². The molecule has 1 aliphatic carbocycles. The first kappa shape index (κ1) is 22.3. The van der Waals surface area contributed by atoms with Crippen LogP contribution in [0.25, 0.3) is 6.08 Å². The maximum Gasteiger partial charge on any atom is 0.335 e. The maximum absolute atomic E-state index is 11.3. The number of aryl methyl sites for hydroxylation is 1. The highest BCUT2D eigenvalue weighted by atomic mass is 16.4. The van der Waals surface area contributed by atoms with E-state index in [1.807, 2.05) is 19.1 Å². The summed E-state index contributed by atoms with van der Waals surface area (Å²) in [7, 11) is 0. The molecule has 1 aliphatic rings. The lowest BCUT2D eigenvalue weighted by Gasteiger charge is -2.42. The summed E-state index contributed by atoms with van der Waals surface area (Å²) in [4.78, 5) is 11.3. The first-order chi connectivity index (χ1) is 14.0. The van der Waals surface area contributed by atoms with E-state index in [1.54, 1.807) is 6.07 Å². The zero-order valence-electron chi connectivity index (χ0n) is 19.4. The molecule has 30 heavy (non-hydrogen) atoms. The second kappa shape index (κ2) is 8.41. The van der Waals surface area contributed by atoms with Gasteiger partial charge in [0, 0.05) is 5.92 Å². The van der Waals surface area contributed by atoms with E-state index in [9.17, 15) is 9.90 Å². The van der Waals surface area contributed by atoms with Crippen molar-refractivity contribution in [2.45, 2.75) is 84.0 Å². The highest BCUT2D eigenvalue weighted by Gasteiger charge is 2.37. The van der Waals surface area contributed by atoms with Crippen LogP contribution in [0.5, 0.6) is 0 Å². The van der Waals surface area contributed by atoms with Crippen LogP contribution >= 0.6 is 0 Å². The predicted octanol–water partition coefficient (Wildman–Crippen LogP) is 7.64. The predicted molar refractivity (Wildman–Crippen MR) is 127 cm³/mol. The number of aromatic carboxylic acids is 1.